The minimum absolute atomic E-state index is 0.248. The summed E-state index contributed by atoms with van der Waals surface area (Å²) in [5, 5.41) is 3.16. The summed E-state index contributed by atoms with van der Waals surface area (Å²) in [7, 11) is 3.96. The second-order valence-corrected chi connectivity index (χ2v) is 12.0. The lowest BCUT2D eigenvalue weighted by atomic mass is 9.93. The third-order valence-electron chi connectivity index (χ3n) is 9.10. The fourth-order valence-electron chi connectivity index (χ4n) is 6.62. The van der Waals surface area contributed by atoms with E-state index in [4.69, 9.17) is 0 Å². The highest BCUT2D eigenvalue weighted by molar-refractivity contribution is 6.27. The molecule has 0 saturated heterocycles. The Balaban J connectivity index is 0.918. The normalized spacial score (nSPS) is 14.5. The zero-order chi connectivity index (χ0) is 31.9. The highest BCUT2D eigenvalue weighted by atomic mass is 16.2. The second-order valence-electron chi connectivity index (χ2n) is 12.0. The Morgan fingerprint density at radius 3 is 1.67 bits per heavy atom. The number of likely N-dealkylation sites (N-methyl/N-ethyl adjacent to an activating group) is 2. The van der Waals surface area contributed by atoms with Crippen LogP contribution in [0.3, 0.4) is 0 Å². The first-order chi connectivity index (χ1) is 22.3. The van der Waals surface area contributed by atoms with Gasteiger partial charge in [-0.2, -0.15) is 0 Å². The number of hydrogen-bond acceptors (Lipinski definition) is 7. The zero-order valence-electron chi connectivity index (χ0n) is 25.8. The predicted octanol–water partition coefficient (Wildman–Crippen LogP) is 4.32. The first-order valence-corrected chi connectivity index (χ1v) is 15.5. The van der Waals surface area contributed by atoms with Gasteiger partial charge in [0.05, 0.1) is 12.0 Å². The monoisotopic (exact) mass is 614 g/mol. The topological polar surface area (TPSA) is 99.1 Å². The van der Waals surface area contributed by atoms with Gasteiger partial charge in [-0.15, -0.1) is 0 Å². The minimum Gasteiger partial charge on any atom is -0.306 e. The van der Waals surface area contributed by atoms with Gasteiger partial charge in [-0.3, -0.25) is 29.0 Å². The molecule has 0 N–H and O–H groups in total. The fraction of sp³-hybridized carbons (Fsp3) is 0.250. The van der Waals surface area contributed by atoms with Gasteiger partial charge in [-0.05, 0) is 69.3 Å². The standard InChI is InChI=1S/C36H34N6O4/c1-38(19-21-41-33(43)26-10-3-7-24-8-4-11-27(31(24)26)34(41)44)16-6-17-39(2)20-22-42-35(45)28-12-5-9-25-30(40-18-15-37-23-40)14-13-29(32(25)28)36(42)46/h3-5,7-15,18,23H,6,16-17,19-22H2,1-2H3. The number of nitrogens with zero attached hydrogens (tertiary/aromatic N) is 6. The number of aromatic nitrogens is 2. The minimum atomic E-state index is -0.278. The Hall–Kier alpha value is -5.19. The van der Waals surface area contributed by atoms with Gasteiger partial charge < -0.3 is 14.4 Å². The van der Waals surface area contributed by atoms with Crippen LogP contribution in [0.15, 0.2) is 85.5 Å². The summed E-state index contributed by atoms with van der Waals surface area (Å²) in [6, 6.07) is 20.4. The lowest BCUT2D eigenvalue weighted by Gasteiger charge is -2.30. The molecule has 0 bridgehead atoms. The summed E-state index contributed by atoms with van der Waals surface area (Å²) in [4.78, 5) is 64.4. The maximum atomic E-state index is 13.5. The molecular weight excluding hydrogens is 580 g/mol. The van der Waals surface area contributed by atoms with Crippen LogP contribution >= 0.6 is 0 Å². The number of imide groups is 2. The maximum absolute atomic E-state index is 13.5. The molecular formula is C36H34N6O4. The van der Waals surface area contributed by atoms with E-state index in [0.717, 1.165) is 41.4 Å². The molecule has 1 aromatic heterocycles. The zero-order valence-corrected chi connectivity index (χ0v) is 25.8. The van der Waals surface area contributed by atoms with Crippen molar-refractivity contribution in [1.82, 2.24) is 29.2 Å². The number of rotatable bonds is 11. The Morgan fingerprint density at radius 1 is 0.609 bits per heavy atom. The van der Waals surface area contributed by atoms with Crippen molar-refractivity contribution in [2.75, 3.05) is 53.4 Å². The fourth-order valence-corrected chi connectivity index (χ4v) is 6.62. The quantitative estimate of drug-likeness (QED) is 0.204. The van der Waals surface area contributed by atoms with Crippen LogP contribution in [0.2, 0.25) is 0 Å². The molecule has 5 aromatic rings. The number of imidazole rings is 1. The van der Waals surface area contributed by atoms with Crippen molar-refractivity contribution in [2.45, 2.75) is 6.42 Å². The van der Waals surface area contributed by atoms with Gasteiger partial charge in [0.25, 0.3) is 23.6 Å². The Labute approximate surface area is 266 Å². The van der Waals surface area contributed by atoms with E-state index in [1.165, 1.54) is 9.80 Å². The molecule has 0 fully saturated rings. The maximum Gasteiger partial charge on any atom is 0.261 e. The van der Waals surface area contributed by atoms with Crippen molar-refractivity contribution in [2.24, 2.45) is 0 Å². The molecule has 7 rings (SSSR count). The van der Waals surface area contributed by atoms with Crippen molar-refractivity contribution in [3.63, 3.8) is 0 Å². The molecule has 4 aromatic carbocycles. The summed E-state index contributed by atoms with van der Waals surface area (Å²) < 4.78 is 1.88. The summed E-state index contributed by atoms with van der Waals surface area (Å²) in [5.41, 5.74) is 3.08. The molecule has 0 unspecified atom stereocenters. The van der Waals surface area contributed by atoms with Crippen molar-refractivity contribution in [3.8, 4) is 5.69 Å². The summed E-state index contributed by atoms with van der Waals surface area (Å²) in [5.74, 6) is -1.05. The van der Waals surface area contributed by atoms with Crippen molar-refractivity contribution < 1.29 is 19.2 Å². The van der Waals surface area contributed by atoms with Gasteiger partial charge in [-0.25, -0.2) is 4.98 Å². The Bertz CT molecular complexity index is 1950. The number of benzene rings is 4. The molecule has 4 amide bonds. The van der Waals surface area contributed by atoms with E-state index in [-0.39, 0.29) is 30.2 Å². The molecule has 2 aliphatic heterocycles. The smallest absolute Gasteiger partial charge is 0.261 e. The molecule has 46 heavy (non-hydrogen) atoms. The average Bonchev–Trinajstić information content (AvgIpc) is 3.60. The van der Waals surface area contributed by atoms with Crippen LogP contribution in [0.5, 0.6) is 0 Å². The SMILES string of the molecule is CN(CCCN(C)CCN1C(=O)c2cccc3c(-n4ccnc4)ccc(c23)C1=O)CCN1C(=O)c2cccc3cccc(c23)C1=O. The van der Waals surface area contributed by atoms with Crippen LogP contribution in [-0.4, -0.2) is 106 Å². The number of amides is 4. The number of carbonyl (C=O) groups excluding carboxylic acids is 4. The third kappa shape index (κ3) is 5.05. The molecule has 0 radical (unpaired) electrons. The van der Waals surface area contributed by atoms with E-state index >= 15 is 0 Å². The predicted molar refractivity (Wildman–Crippen MR) is 175 cm³/mol. The largest absolute Gasteiger partial charge is 0.306 e. The van der Waals surface area contributed by atoms with Gasteiger partial charge in [0.15, 0.2) is 0 Å². The van der Waals surface area contributed by atoms with Crippen LogP contribution in [0.4, 0.5) is 0 Å². The molecule has 0 spiro atoms. The van der Waals surface area contributed by atoms with E-state index in [9.17, 15) is 19.2 Å². The second kappa shape index (κ2) is 12.0. The first kappa shape index (κ1) is 29.5. The highest BCUT2D eigenvalue weighted by Gasteiger charge is 2.34. The van der Waals surface area contributed by atoms with Gasteiger partial charge in [0.1, 0.15) is 0 Å². The molecule has 0 atom stereocenters. The van der Waals surface area contributed by atoms with Crippen LogP contribution in [-0.2, 0) is 0 Å². The van der Waals surface area contributed by atoms with E-state index in [2.05, 4.69) is 14.8 Å². The Kier molecular flexibility index (Phi) is 7.67. The van der Waals surface area contributed by atoms with Crippen LogP contribution in [0.1, 0.15) is 47.9 Å². The van der Waals surface area contributed by atoms with Crippen LogP contribution in [0, 0.1) is 0 Å². The molecule has 232 valence electrons. The van der Waals surface area contributed by atoms with Gasteiger partial charge in [0, 0.05) is 77.0 Å². The van der Waals surface area contributed by atoms with Crippen molar-refractivity contribution in [1.29, 1.82) is 0 Å². The van der Waals surface area contributed by atoms with Gasteiger partial charge in [0.2, 0.25) is 0 Å². The van der Waals surface area contributed by atoms with E-state index in [1.54, 1.807) is 36.8 Å². The lowest BCUT2D eigenvalue weighted by molar-refractivity contribution is 0.0585. The van der Waals surface area contributed by atoms with Gasteiger partial charge in [-0.1, -0.05) is 36.4 Å². The highest BCUT2D eigenvalue weighted by Crippen LogP contribution is 2.34. The van der Waals surface area contributed by atoms with Crippen LogP contribution < -0.4 is 0 Å². The van der Waals surface area contributed by atoms with Crippen molar-refractivity contribution in [3.05, 3.63) is 108 Å². The van der Waals surface area contributed by atoms with E-state index in [0.29, 0.717) is 47.3 Å². The molecule has 0 saturated carbocycles. The molecule has 10 heteroatoms. The molecule has 3 heterocycles. The summed E-state index contributed by atoms with van der Waals surface area (Å²) >= 11 is 0. The van der Waals surface area contributed by atoms with E-state index in [1.807, 2.05) is 67.3 Å². The van der Waals surface area contributed by atoms with Crippen LogP contribution in [0.25, 0.3) is 27.2 Å². The third-order valence-corrected chi connectivity index (χ3v) is 9.10. The number of carbonyl (C=O) groups is 4. The molecule has 0 aliphatic carbocycles. The summed E-state index contributed by atoms with van der Waals surface area (Å²) in [6.45, 7) is 3.23. The number of hydrogen-bond donors (Lipinski definition) is 0. The average molecular weight is 615 g/mol. The lowest BCUT2D eigenvalue weighted by Crippen LogP contribution is -2.45. The van der Waals surface area contributed by atoms with Gasteiger partial charge >= 0.3 is 0 Å². The Morgan fingerprint density at radius 2 is 1.13 bits per heavy atom. The molecule has 2 aliphatic rings. The summed E-state index contributed by atoms with van der Waals surface area (Å²) in [6.07, 6.45) is 6.08. The first-order valence-electron chi connectivity index (χ1n) is 15.5. The van der Waals surface area contributed by atoms with E-state index < -0.39 is 0 Å². The molecule has 10 nitrogen and oxygen atoms in total. The van der Waals surface area contributed by atoms with Crippen molar-refractivity contribution >= 4 is 45.2 Å².